The standard InChI is InChI=1S/C23H24O6/c1-11(2)5-7-14-20(26)16(10-17(25)12(3)4)22(28)19-21(27)15-9-13(24)6-8-18(15)29-23(14)19/h5-6,8-9,17,24-26,28H,3,7,10H2,1-2,4H3/t17-/m1/s1. The maximum Gasteiger partial charge on any atom is 0.204 e. The van der Waals surface area contributed by atoms with Crippen molar-refractivity contribution in [3.05, 3.63) is 63.4 Å². The summed E-state index contributed by atoms with van der Waals surface area (Å²) in [6.45, 7) is 9.13. The summed E-state index contributed by atoms with van der Waals surface area (Å²) >= 11 is 0. The zero-order chi connectivity index (χ0) is 21.5. The van der Waals surface area contributed by atoms with Crippen molar-refractivity contribution in [1.29, 1.82) is 0 Å². The second kappa shape index (κ2) is 7.64. The number of aliphatic hydroxyl groups excluding tert-OH is 1. The van der Waals surface area contributed by atoms with Crippen LogP contribution in [0.5, 0.6) is 17.2 Å². The van der Waals surface area contributed by atoms with Crippen molar-refractivity contribution in [2.75, 3.05) is 0 Å². The second-order valence-electron chi connectivity index (χ2n) is 7.52. The molecule has 6 nitrogen and oxygen atoms in total. The van der Waals surface area contributed by atoms with Gasteiger partial charge in [0, 0.05) is 17.5 Å². The van der Waals surface area contributed by atoms with Gasteiger partial charge in [0.05, 0.1) is 11.5 Å². The lowest BCUT2D eigenvalue weighted by Crippen LogP contribution is -2.13. The number of fused-ring (bicyclic) bond motifs is 2. The van der Waals surface area contributed by atoms with Gasteiger partial charge >= 0.3 is 0 Å². The van der Waals surface area contributed by atoms with Crippen molar-refractivity contribution in [2.45, 2.75) is 39.7 Å². The van der Waals surface area contributed by atoms with Crippen LogP contribution in [0.3, 0.4) is 0 Å². The predicted octanol–water partition coefficient (Wildman–Crippen LogP) is 4.05. The van der Waals surface area contributed by atoms with Crippen LogP contribution in [0, 0.1) is 0 Å². The number of aromatic hydroxyl groups is 3. The molecule has 2 aromatic carbocycles. The van der Waals surface area contributed by atoms with Gasteiger partial charge in [-0.2, -0.15) is 0 Å². The van der Waals surface area contributed by atoms with E-state index in [0.717, 1.165) is 5.57 Å². The number of hydrogen-bond donors (Lipinski definition) is 4. The zero-order valence-electron chi connectivity index (χ0n) is 16.6. The molecule has 0 aliphatic heterocycles. The van der Waals surface area contributed by atoms with Crippen molar-refractivity contribution < 1.29 is 24.8 Å². The largest absolute Gasteiger partial charge is 0.508 e. The first-order valence-corrected chi connectivity index (χ1v) is 9.23. The first-order chi connectivity index (χ1) is 13.6. The third-order valence-corrected chi connectivity index (χ3v) is 4.92. The third-order valence-electron chi connectivity index (χ3n) is 4.92. The molecule has 3 aromatic rings. The third kappa shape index (κ3) is 3.71. The second-order valence-corrected chi connectivity index (χ2v) is 7.52. The Morgan fingerprint density at radius 2 is 1.83 bits per heavy atom. The van der Waals surface area contributed by atoms with E-state index in [1.807, 2.05) is 19.9 Å². The fraction of sp³-hybridized carbons (Fsp3) is 0.261. The van der Waals surface area contributed by atoms with Crippen molar-refractivity contribution in [2.24, 2.45) is 0 Å². The summed E-state index contributed by atoms with van der Waals surface area (Å²) in [4.78, 5) is 13.1. The van der Waals surface area contributed by atoms with Gasteiger partial charge < -0.3 is 24.8 Å². The number of hydrogen-bond acceptors (Lipinski definition) is 6. The fourth-order valence-electron chi connectivity index (χ4n) is 3.22. The number of aliphatic hydroxyl groups is 1. The average Bonchev–Trinajstić information content (AvgIpc) is 2.65. The summed E-state index contributed by atoms with van der Waals surface area (Å²) in [7, 11) is 0. The summed E-state index contributed by atoms with van der Waals surface area (Å²) in [5.41, 5.74) is 1.64. The highest BCUT2D eigenvalue weighted by atomic mass is 16.3. The van der Waals surface area contributed by atoms with Crippen molar-refractivity contribution >= 4 is 21.9 Å². The lowest BCUT2D eigenvalue weighted by atomic mass is 9.94. The summed E-state index contributed by atoms with van der Waals surface area (Å²) in [5.74, 6) is -0.781. The van der Waals surface area contributed by atoms with Crippen LogP contribution >= 0.6 is 0 Å². The van der Waals surface area contributed by atoms with E-state index in [2.05, 4.69) is 6.58 Å². The maximum absolute atomic E-state index is 13.1. The van der Waals surface area contributed by atoms with Crippen molar-refractivity contribution in [3.63, 3.8) is 0 Å². The molecule has 0 amide bonds. The van der Waals surface area contributed by atoms with Gasteiger partial charge in [-0.25, -0.2) is 0 Å². The molecule has 3 rings (SSSR count). The molecule has 0 fully saturated rings. The maximum atomic E-state index is 13.1. The molecule has 6 heteroatoms. The van der Waals surface area contributed by atoms with Crippen LogP contribution in [-0.4, -0.2) is 26.5 Å². The number of allylic oxidation sites excluding steroid dienone is 2. The summed E-state index contributed by atoms with van der Waals surface area (Å²) in [6.07, 6.45) is 1.03. The number of phenols is 3. The molecule has 0 spiro atoms. The van der Waals surface area contributed by atoms with Crippen LogP contribution in [0.15, 0.2) is 51.2 Å². The summed E-state index contributed by atoms with van der Waals surface area (Å²) < 4.78 is 5.87. The summed E-state index contributed by atoms with van der Waals surface area (Å²) in [6, 6.07) is 4.12. The fourth-order valence-corrected chi connectivity index (χ4v) is 3.22. The lowest BCUT2D eigenvalue weighted by molar-refractivity contribution is 0.209. The van der Waals surface area contributed by atoms with E-state index in [1.54, 1.807) is 6.92 Å². The molecule has 0 saturated carbocycles. The van der Waals surface area contributed by atoms with Gasteiger partial charge in [-0.05, 0) is 45.4 Å². The minimum Gasteiger partial charge on any atom is -0.508 e. The predicted molar refractivity (Wildman–Crippen MR) is 113 cm³/mol. The van der Waals surface area contributed by atoms with E-state index in [-0.39, 0.29) is 51.8 Å². The van der Waals surface area contributed by atoms with Gasteiger partial charge in [-0.1, -0.05) is 23.8 Å². The van der Waals surface area contributed by atoms with Crippen LogP contribution in [0.25, 0.3) is 21.9 Å². The highest BCUT2D eigenvalue weighted by Crippen LogP contribution is 2.41. The molecular formula is C23H24O6. The van der Waals surface area contributed by atoms with Gasteiger partial charge in [-0.15, -0.1) is 0 Å². The normalized spacial score (nSPS) is 12.3. The van der Waals surface area contributed by atoms with E-state index in [0.29, 0.717) is 11.1 Å². The molecule has 152 valence electrons. The first kappa shape index (κ1) is 20.5. The van der Waals surface area contributed by atoms with Crippen LogP contribution in [-0.2, 0) is 12.8 Å². The Kier molecular flexibility index (Phi) is 5.40. The molecule has 1 heterocycles. The quantitative estimate of drug-likeness (QED) is 0.382. The molecule has 0 bridgehead atoms. The molecule has 1 atom stereocenters. The average molecular weight is 396 g/mol. The minimum atomic E-state index is -1.00. The van der Waals surface area contributed by atoms with Gasteiger partial charge in [0.2, 0.25) is 5.43 Å². The molecule has 4 N–H and O–H groups in total. The van der Waals surface area contributed by atoms with Gasteiger partial charge in [-0.3, -0.25) is 4.79 Å². The highest BCUT2D eigenvalue weighted by Gasteiger charge is 2.25. The SMILES string of the molecule is C=C(C)[C@H](O)Cc1c(O)c(CC=C(C)C)c2oc3ccc(O)cc3c(=O)c2c1O. The van der Waals surface area contributed by atoms with E-state index in [4.69, 9.17) is 4.42 Å². The Labute approximate surface area is 167 Å². The number of phenolic OH excluding ortho intramolecular Hbond substituents is 3. The van der Waals surface area contributed by atoms with Crippen LogP contribution in [0.2, 0.25) is 0 Å². The van der Waals surface area contributed by atoms with Gasteiger partial charge in [0.15, 0.2) is 0 Å². The molecular weight excluding hydrogens is 372 g/mol. The van der Waals surface area contributed by atoms with Gasteiger partial charge in [0.1, 0.15) is 33.8 Å². The van der Waals surface area contributed by atoms with E-state index in [1.165, 1.54) is 18.2 Å². The number of rotatable bonds is 5. The Hall–Kier alpha value is -3.25. The monoisotopic (exact) mass is 396 g/mol. The molecule has 0 radical (unpaired) electrons. The molecule has 0 aliphatic carbocycles. The number of benzene rings is 2. The van der Waals surface area contributed by atoms with Gasteiger partial charge in [0.25, 0.3) is 0 Å². The molecule has 29 heavy (non-hydrogen) atoms. The molecule has 0 unspecified atom stereocenters. The Balaban J connectivity index is 2.45. The van der Waals surface area contributed by atoms with E-state index < -0.39 is 17.3 Å². The first-order valence-electron chi connectivity index (χ1n) is 9.23. The Morgan fingerprint density at radius 1 is 1.14 bits per heavy atom. The van der Waals surface area contributed by atoms with Crippen LogP contribution < -0.4 is 5.43 Å². The molecule has 0 saturated heterocycles. The minimum absolute atomic E-state index is 0.0527. The topological polar surface area (TPSA) is 111 Å². The smallest absolute Gasteiger partial charge is 0.204 e. The zero-order valence-corrected chi connectivity index (χ0v) is 16.6. The highest BCUT2D eigenvalue weighted by molar-refractivity contribution is 5.97. The van der Waals surface area contributed by atoms with Crippen molar-refractivity contribution in [1.82, 2.24) is 0 Å². The molecule has 0 aliphatic rings. The Bertz CT molecular complexity index is 1210. The van der Waals surface area contributed by atoms with E-state index in [9.17, 15) is 25.2 Å². The lowest BCUT2D eigenvalue weighted by Gasteiger charge is -2.17. The van der Waals surface area contributed by atoms with E-state index >= 15 is 0 Å². The Morgan fingerprint density at radius 3 is 2.45 bits per heavy atom. The summed E-state index contributed by atoms with van der Waals surface area (Å²) in [5, 5.41) is 41.7. The van der Waals surface area contributed by atoms with Crippen molar-refractivity contribution in [3.8, 4) is 17.2 Å². The van der Waals surface area contributed by atoms with Crippen LogP contribution in [0.1, 0.15) is 31.9 Å². The molecule has 1 aromatic heterocycles. The van der Waals surface area contributed by atoms with Crippen LogP contribution in [0.4, 0.5) is 0 Å².